The first kappa shape index (κ1) is 46.3. The van der Waals surface area contributed by atoms with Gasteiger partial charge in [0.2, 0.25) is 0 Å². The van der Waals surface area contributed by atoms with Gasteiger partial charge in [0, 0.05) is 32.9 Å². The molecule has 11 aromatic carbocycles. The van der Waals surface area contributed by atoms with Crippen LogP contribution in [0.3, 0.4) is 0 Å². The number of nitriles is 2. The zero-order valence-electron chi connectivity index (χ0n) is 43.6. The number of hydrogen-bond donors (Lipinski definition) is 0. The highest BCUT2D eigenvalue weighted by Gasteiger charge is 2.28. The Morgan fingerprint density at radius 1 is 0.276 bits per heavy atom. The van der Waals surface area contributed by atoms with Gasteiger partial charge in [-0.25, -0.2) is 0 Å². The molecule has 362 valence electrons. The third kappa shape index (κ3) is 7.65. The van der Waals surface area contributed by atoms with E-state index in [1.807, 2.05) is 36.4 Å². The van der Waals surface area contributed by atoms with Gasteiger partial charge in [-0.2, -0.15) is 10.5 Å². The summed E-state index contributed by atoms with van der Waals surface area (Å²) in [6.07, 6.45) is 0. The van der Waals surface area contributed by atoms with Crippen LogP contribution in [0, 0.1) is 22.7 Å². The molecule has 4 heteroatoms. The van der Waals surface area contributed by atoms with Crippen LogP contribution in [0.2, 0.25) is 0 Å². The van der Waals surface area contributed by atoms with Crippen molar-refractivity contribution in [3.63, 3.8) is 0 Å². The molecule has 13 rings (SSSR count). The quantitative estimate of drug-likeness (QED) is 0.156. The number of aromatic nitrogens is 2. The molecule has 0 spiro atoms. The molecule has 0 fully saturated rings. The van der Waals surface area contributed by atoms with Crippen LogP contribution in [0.25, 0.3) is 121 Å². The number of para-hydroxylation sites is 2. The minimum absolute atomic E-state index is 0.139. The molecule has 4 nitrogen and oxygen atoms in total. The Balaban J connectivity index is 0.864. The van der Waals surface area contributed by atoms with Crippen LogP contribution >= 0.6 is 0 Å². The molecule has 0 aliphatic carbocycles. The molecule has 0 unspecified atom stereocenters. The Labute approximate surface area is 443 Å². The lowest BCUT2D eigenvalue weighted by molar-refractivity contribution is 0.593. The fraction of sp³-hybridized carbons (Fsp3) is 0.111. The first-order valence-corrected chi connectivity index (χ1v) is 26.2. The number of fused-ring (bicyclic) bond motifs is 8. The van der Waals surface area contributed by atoms with Crippen LogP contribution in [0.15, 0.2) is 218 Å². The zero-order chi connectivity index (χ0) is 52.0. The van der Waals surface area contributed by atoms with E-state index < -0.39 is 0 Å². The molecule has 0 saturated heterocycles. The van der Waals surface area contributed by atoms with Gasteiger partial charge in [-0.1, -0.05) is 163 Å². The summed E-state index contributed by atoms with van der Waals surface area (Å²) in [6, 6.07) is 83.2. The smallest absolute Gasteiger partial charge is 0.0991 e. The van der Waals surface area contributed by atoms with E-state index in [1.54, 1.807) is 0 Å². The monoisotopic (exact) mass is 974 g/mol. The van der Waals surface area contributed by atoms with Crippen LogP contribution in [-0.4, -0.2) is 9.13 Å². The lowest BCUT2D eigenvalue weighted by Crippen LogP contribution is -2.17. The summed E-state index contributed by atoms with van der Waals surface area (Å²) in [6.45, 7) is 14.1. The molecule has 0 radical (unpaired) electrons. The lowest BCUT2D eigenvalue weighted by Gasteiger charge is -2.31. The van der Waals surface area contributed by atoms with Crippen molar-refractivity contribution in [1.82, 2.24) is 9.13 Å². The third-order valence-corrected chi connectivity index (χ3v) is 15.5. The number of hydrogen-bond acceptors (Lipinski definition) is 2. The van der Waals surface area contributed by atoms with Crippen molar-refractivity contribution >= 4 is 65.2 Å². The average molecular weight is 975 g/mol. The van der Waals surface area contributed by atoms with Gasteiger partial charge >= 0.3 is 0 Å². The maximum absolute atomic E-state index is 9.85. The van der Waals surface area contributed by atoms with Gasteiger partial charge in [0.1, 0.15) is 0 Å². The predicted octanol–water partition coefficient (Wildman–Crippen LogP) is 19.2. The summed E-state index contributed by atoms with van der Waals surface area (Å²) in [5.41, 5.74) is 19.6. The first-order valence-electron chi connectivity index (χ1n) is 26.2. The standard InChI is InChI=1S/C72H54N4/c1-71(2,3)69-57-31-27-52(48-21-25-50(26-22-48)54-30-36-68-62(40-54)60-38-46(44-74)18-34-66(60)76(68)56-15-11-8-12-16-56)42-64(57)70(72(4,5)6)58-32-28-51(41-63(58)69)47-19-23-49(24-20-47)53-29-35-67-61(39-53)59-37-45(43-73)17-33-65(59)75(67)55-13-9-7-10-14-55/h7-42H,1-6H3. The second-order valence-electron chi connectivity index (χ2n) is 22.4. The van der Waals surface area contributed by atoms with Crippen molar-refractivity contribution in [2.45, 2.75) is 52.4 Å². The van der Waals surface area contributed by atoms with Gasteiger partial charge in [-0.05, 0) is 185 Å². The SMILES string of the molecule is CC(C)(C)c1c2ccc(-c3ccc(-c4ccc5c(c4)c4cc(C#N)ccc4n5-c4ccccc4)cc3)cc2c(C(C)(C)C)c2ccc(-c3ccc(-c4ccc5c(c4)c4cc(C#N)ccc4n5-c4ccccc4)cc3)cc12. The summed E-state index contributed by atoms with van der Waals surface area (Å²) < 4.78 is 4.58. The van der Waals surface area contributed by atoms with E-state index >= 15 is 0 Å². The topological polar surface area (TPSA) is 57.4 Å². The predicted molar refractivity (Wildman–Crippen MR) is 319 cm³/mol. The van der Waals surface area contributed by atoms with Crippen molar-refractivity contribution in [1.29, 1.82) is 10.5 Å². The molecule has 0 bridgehead atoms. The number of benzene rings is 11. The highest BCUT2D eigenvalue weighted by molar-refractivity contribution is 6.13. The van der Waals surface area contributed by atoms with Crippen molar-refractivity contribution in [2.75, 3.05) is 0 Å². The first-order chi connectivity index (χ1) is 36.8. The maximum Gasteiger partial charge on any atom is 0.0991 e. The van der Waals surface area contributed by atoms with Crippen molar-refractivity contribution in [3.05, 3.63) is 241 Å². The molecule has 0 N–H and O–H groups in total. The molecule has 0 aliphatic rings. The van der Waals surface area contributed by atoms with E-state index in [0.29, 0.717) is 11.1 Å². The van der Waals surface area contributed by atoms with Crippen LogP contribution in [0.4, 0.5) is 0 Å². The fourth-order valence-corrected chi connectivity index (χ4v) is 12.2. The normalized spacial score (nSPS) is 12.1. The average Bonchev–Trinajstić information content (AvgIpc) is 3.96. The van der Waals surface area contributed by atoms with E-state index in [-0.39, 0.29) is 10.8 Å². The Morgan fingerprint density at radius 3 is 0.868 bits per heavy atom. The van der Waals surface area contributed by atoms with E-state index in [0.717, 1.165) is 77.2 Å². The summed E-state index contributed by atoms with van der Waals surface area (Å²) in [5, 5.41) is 29.3. The molecule has 0 aliphatic heterocycles. The molecular formula is C72H54N4. The van der Waals surface area contributed by atoms with Gasteiger partial charge < -0.3 is 9.13 Å². The second-order valence-corrected chi connectivity index (χ2v) is 22.4. The van der Waals surface area contributed by atoms with E-state index in [2.05, 4.69) is 245 Å². The van der Waals surface area contributed by atoms with Gasteiger partial charge in [-0.3, -0.25) is 0 Å². The molecule has 0 amide bonds. The van der Waals surface area contributed by atoms with E-state index in [1.165, 1.54) is 54.9 Å². The zero-order valence-corrected chi connectivity index (χ0v) is 43.6. The second kappa shape index (κ2) is 17.6. The van der Waals surface area contributed by atoms with Crippen molar-refractivity contribution < 1.29 is 0 Å². The molecule has 0 saturated carbocycles. The fourth-order valence-electron chi connectivity index (χ4n) is 12.2. The lowest BCUT2D eigenvalue weighted by atomic mass is 9.73. The number of nitrogens with zero attached hydrogens (tertiary/aromatic N) is 4. The van der Waals surface area contributed by atoms with Crippen LogP contribution in [0.1, 0.15) is 63.8 Å². The van der Waals surface area contributed by atoms with Crippen molar-refractivity contribution in [2.24, 2.45) is 0 Å². The number of rotatable bonds is 6. The molecule has 0 atom stereocenters. The van der Waals surface area contributed by atoms with Gasteiger partial charge in [0.05, 0.1) is 45.3 Å². The molecule has 2 aromatic heterocycles. The van der Waals surface area contributed by atoms with Gasteiger partial charge in [0.25, 0.3) is 0 Å². The minimum atomic E-state index is -0.139. The van der Waals surface area contributed by atoms with Crippen LogP contribution in [-0.2, 0) is 10.8 Å². The van der Waals surface area contributed by atoms with Gasteiger partial charge in [0.15, 0.2) is 0 Å². The largest absolute Gasteiger partial charge is 0.309 e. The summed E-state index contributed by atoms with van der Waals surface area (Å²) >= 11 is 0. The van der Waals surface area contributed by atoms with Crippen LogP contribution in [0.5, 0.6) is 0 Å². The Hall–Kier alpha value is -9.48. The van der Waals surface area contributed by atoms with Gasteiger partial charge in [-0.15, -0.1) is 0 Å². The van der Waals surface area contributed by atoms with Crippen LogP contribution < -0.4 is 0 Å². The highest BCUT2D eigenvalue weighted by Crippen LogP contribution is 2.47. The molecule has 13 aromatic rings. The van der Waals surface area contributed by atoms with Crippen molar-refractivity contribution in [3.8, 4) is 68.0 Å². The minimum Gasteiger partial charge on any atom is -0.309 e. The molecule has 76 heavy (non-hydrogen) atoms. The highest BCUT2D eigenvalue weighted by atomic mass is 15.0. The summed E-state index contributed by atoms with van der Waals surface area (Å²) in [5.74, 6) is 0. The molecular weight excluding hydrogens is 921 g/mol. The summed E-state index contributed by atoms with van der Waals surface area (Å²) in [7, 11) is 0. The van der Waals surface area contributed by atoms with E-state index in [9.17, 15) is 10.5 Å². The third-order valence-electron chi connectivity index (χ3n) is 15.5. The Kier molecular flexibility index (Phi) is 10.7. The summed E-state index contributed by atoms with van der Waals surface area (Å²) in [4.78, 5) is 0. The molecule has 2 heterocycles. The maximum atomic E-state index is 9.85. The van der Waals surface area contributed by atoms with E-state index in [4.69, 9.17) is 0 Å². The Morgan fingerprint density at radius 2 is 0.553 bits per heavy atom. The Bertz CT molecular complexity index is 4270.